The van der Waals surface area contributed by atoms with E-state index < -0.39 is 0 Å². The maximum atomic E-state index is 2.52. The predicted octanol–water partition coefficient (Wildman–Crippen LogP) is 16.5. The molecule has 0 radical (unpaired) electrons. The number of hydrogen-bond acceptors (Lipinski definition) is 0. The van der Waals surface area contributed by atoms with E-state index in [0.29, 0.717) is 0 Å². The molecule has 0 saturated carbocycles. The quantitative estimate of drug-likeness (QED) is 0.152. The molecule has 0 unspecified atom stereocenters. The monoisotopic (exact) mass is 827 g/mol. The van der Waals surface area contributed by atoms with Gasteiger partial charge in [-0.2, -0.15) is 0 Å². The zero-order valence-corrected chi connectivity index (χ0v) is 35.5. The van der Waals surface area contributed by atoms with Crippen LogP contribution in [-0.4, -0.2) is 13.7 Å². The average molecular weight is 828 g/mol. The smallest absolute Gasteiger partial charge is 0.0788 e. The third kappa shape index (κ3) is 6.05. The Balaban J connectivity index is 1.14. The largest absolute Gasteiger partial charge is 0.309 e. The van der Waals surface area contributed by atoms with Crippen LogP contribution in [0.15, 0.2) is 249 Å². The van der Waals surface area contributed by atoms with E-state index in [2.05, 4.69) is 262 Å². The van der Waals surface area contributed by atoms with E-state index in [-0.39, 0.29) is 0 Å². The van der Waals surface area contributed by atoms with Crippen molar-refractivity contribution in [3.05, 3.63) is 249 Å². The van der Waals surface area contributed by atoms with Crippen molar-refractivity contribution in [2.24, 2.45) is 0 Å². The Morgan fingerprint density at radius 2 is 0.692 bits per heavy atom. The average Bonchev–Trinajstić information content (AvgIpc) is 4.05. The summed E-state index contributed by atoms with van der Waals surface area (Å²) < 4.78 is 7.46. The molecule has 0 spiro atoms. The molecule has 3 aromatic heterocycles. The summed E-state index contributed by atoms with van der Waals surface area (Å²) in [4.78, 5) is 0. The molecule has 0 aliphatic carbocycles. The van der Waals surface area contributed by atoms with Crippen molar-refractivity contribution < 1.29 is 0 Å². The summed E-state index contributed by atoms with van der Waals surface area (Å²) in [6.45, 7) is 0. The lowest BCUT2D eigenvalue weighted by molar-refractivity contribution is 1.11. The van der Waals surface area contributed by atoms with Gasteiger partial charge in [0, 0.05) is 44.0 Å². The van der Waals surface area contributed by atoms with Crippen LogP contribution in [0.1, 0.15) is 0 Å². The number of benzene rings is 10. The molecule has 10 aromatic carbocycles. The summed E-state index contributed by atoms with van der Waals surface area (Å²) in [5.41, 5.74) is 18.6. The van der Waals surface area contributed by atoms with Crippen molar-refractivity contribution in [2.45, 2.75) is 0 Å². The normalized spacial score (nSPS) is 11.7. The van der Waals surface area contributed by atoms with E-state index in [4.69, 9.17) is 0 Å². The summed E-state index contributed by atoms with van der Waals surface area (Å²) in [6, 6.07) is 90.9. The van der Waals surface area contributed by atoms with Crippen molar-refractivity contribution in [2.75, 3.05) is 0 Å². The fraction of sp³-hybridized carbons (Fsp3) is 0. The van der Waals surface area contributed by atoms with Crippen LogP contribution >= 0.6 is 0 Å². The molecule has 13 aromatic rings. The van der Waals surface area contributed by atoms with Gasteiger partial charge < -0.3 is 13.7 Å². The topological polar surface area (TPSA) is 14.8 Å². The molecule has 0 saturated heterocycles. The fourth-order valence-electron chi connectivity index (χ4n) is 10.2. The van der Waals surface area contributed by atoms with Gasteiger partial charge >= 0.3 is 0 Å². The van der Waals surface area contributed by atoms with E-state index in [0.717, 1.165) is 44.9 Å². The van der Waals surface area contributed by atoms with Gasteiger partial charge in [-0.1, -0.05) is 182 Å². The number of hydrogen-bond donors (Lipinski definition) is 0. The van der Waals surface area contributed by atoms with Crippen LogP contribution < -0.4 is 0 Å². The highest BCUT2D eigenvalue weighted by Crippen LogP contribution is 2.43. The number of fused-ring (bicyclic) bond motifs is 8. The van der Waals surface area contributed by atoms with Gasteiger partial charge in [0.2, 0.25) is 0 Å². The second kappa shape index (κ2) is 15.0. The molecular weight excluding hydrogens is 787 g/mol. The van der Waals surface area contributed by atoms with Crippen molar-refractivity contribution in [3.63, 3.8) is 0 Å². The molecule has 3 heterocycles. The predicted molar refractivity (Wildman–Crippen MR) is 274 cm³/mol. The van der Waals surface area contributed by atoms with Gasteiger partial charge in [0.15, 0.2) is 0 Å². The Kier molecular flexibility index (Phi) is 8.53. The van der Waals surface area contributed by atoms with Crippen LogP contribution in [-0.2, 0) is 0 Å². The third-order valence-electron chi connectivity index (χ3n) is 13.2. The first-order chi connectivity index (χ1) is 32.2. The van der Waals surface area contributed by atoms with Gasteiger partial charge in [-0.25, -0.2) is 0 Å². The highest BCUT2D eigenvalue weighted by atomic mass is 15.1. The van der Waals surface area contributed by atoms with E-state index in [1.54, 1.807) is 0 Å². The first-order valence-corrected chi connectivity index (χ1v) is 22.3. The zero-order valence-electron chi connectivity index (χ0n) is 35.5. The van der Waals surface area contributed by atoms with Crippen LogP contribution in [0.2, 0.25) is 0 Å². The summed E-state index contributed by atoms with van der Waals surface area (Å²) in [5.74, 6) is 0. The van der Waals surface area contributed by atoms with Crippen molar-refractivity contribution in [1.29, 1.82) is 0 Å². The highest BCUT2D eigenvalue weighted by molar-refractivity contribution is 6.19. The summed E-state index contributed by atoms with van der Waals surface area (Å²) in [6.07, 6.45) is 0. The molecule has 13 rings (SSSR count). The van der Waals surface area contributed by atoms with Gasteiger partial charge in [0.1, 0.15) is 0 Å². The van der Waals surface area contributed by atoms with E-state index in [9.17, 15) is 0 Å². The Bertz CT molecular complexity index is 3800. The maximum Gasteiger partial charge on any atom is 0.0788 e. The number of rotatable bonds is 7. The molecule has 0 aliphatic rings. The lowest BCUT2D eigenvalue weighted by atomic mass is 10.0. The van der Waals surface area contributed by atoms with E-state index >= 15 is 0 Å². The molecule has 0 atom stereocenters. The molecular formula is C62H41N3. The first-order valence-electron chi connectivity index (χ1n) is 22.3. The van der Waals surface area contributed by atoms with Crippen LogP contribution in [0, 0.1) is 0 Å². The number of aromatic nitrogens is 3. The van der Waals surface area contributed by atoms with Crippen molar-refractivity contribution in [3.8, 4) is 61.7 Å². The third-order valence-corrected chi connectivity index (χ3v) is 13.2. The lowest BCUT2D eigenvalue weighted by Crippen LogP contribution is -2.02. The van der Waals surface area contributed by atoms with Gasteiger partial charge in [0.25, 0.3) is 0 Å². The SMILES string of the molecule is c1ccc(-c2cc(-n3c4ccc(-c5ccccc5)cc4c4cc(-c5ccccc5)ccc43)cc(-n3c4ccccc4c4ccc5cc(-c6ccccc6)n(-c6ccccc6)c5c43)c2)cc1. The second-order valence-electron chi connectivity index (χ2n) is 17.0. The molecule has 0 bridgehead atoms. The van der Waals surface area contributed by atoms with Gasteiger partial charge in [-0.15, -0.1) is 0 Å². The minimum atomic E-state index is 1.10. The maximum absolute atomic E-state index is 2.52. The van der Waals surface area contributed by atoms with Crippen LogP contribution in [0.3, 0.4) is 0 Å². The highest BCUT2D eigenvalue weighted by Gasteiger charge is 2.23. The van der Waals surface area contributed by atoms with Crippen LogP contribution in [0.25, 0.3) is 116 Å². The minimum Gasteiger partial charge on any atom is -0.309 e. The summed E-state index contributed by atoms with van der Waals surface area (Å²) >= 11 is 0. The van der Waals surface area contributed by atoms with E-state index in [1.165, 1.54) is 71.3 Å². The van der Waals surface area contributed by atoms with Crippen molar-refractivity contribution in [1.82, 2.24) is 13.7 Å². The fourth-order valence-corrected chi connectivity index (χ4v) is 10.2. The number of nitrogens with zero attached hydrogens (tertiary/aromatic N) is 3. The molecule has 3 nitrogen and oxygen atoms in total. The molecule has 0 fully saturated rings. The molecule has 0 amide bonds. The Labute approximate surface area is 376 Å². The lowest BCUT2D eigenvalue weighted by Gasteiger charge is -2.17. The first kappa shape index (κ1) is 36.9. The van der Waals surface area contributed by atoms with Crippen LogP contribution in [0.4, 0.5) is 0 Å². The summed E-state index contributed by atoms with van der Waals surface area (Å²) in [5, 5.41) is 6.07. The molecule has 3 heteroatoms. The molecule has 304 valence electrons. The summed E-state index contributed by atoms with van der Waals surface area (Å²) in [7, 11) is 0. The van der Waals surface area contributed by atoms with E-state index in [1.807, 2.05) is 0 Å². The molecule has 0 N–H and O–H groups in total. The second-order valence-corrected chi connectivity index (χ2v) is 17.0. The van der Waals surface area contributed by atoms with Gasteiger partial charge in [-0.05, 0) is 106 Å². The molecule has 65 heavy (non-hydrogen) atoms. The zero-order chi connectivity index (χ0) is 42.8. The van der Waals surface area contributed by atoms with Gasteiger partial charge in [-0.3, -0.25) is 0 Å². The Morgan fingerprint density at radius 3 is 1.28 bits per heavy atom. The standard InChI is InChI=1S/C62H41N3/c1-6-18-42(19-7-1)46-31-34-58-55(38-46)56-39-47(43-20-8-2-9-21-43)32-35-59(56)63(58)51-36-49(44-22-10-3-11-23-44)37-52(41-51)65-57-29-17-16-28-53(57)54-33-30-48-40-60(45-24-12-4-13-25-45)64(61(48)62(54)65)50-26-14-5-15-27-50/h1-41H. The Hall–Kier alpha value is -8.66. The van der Waals surface area contributed by atoms with Crippen molar-refractivity contribution >= 4 is 54.5 Å². The van der Waals surface area contributed by atoms with Gasteiger partial charge in [0.05, 0.1) is 33.3 Å². The number of para-hydroxylation sites is 2. The minimum absolute atomic E-state index is 1.10. The van der Waals surface area contributed by atoms with Crippen LogP contribution in [0.5, 0.6) is 0 Å². The molecule has 0 aliphatic heterocycles. The Morgan fingerprint density at radius 1 is 0.215 bits per heavy atom.